The minimum absolute atomic E-state index is 0.179. The van der Waals surface area contributed by atoms with E-state index in [1.54, 1.807) is 10.9 Å². The van der Waals surface area contributed by atoms with Crippen molar-refractivity contribution in [1.82, 2.24) is 14.8 Å². The molecule has 0 aromatic carbocycles. The molecule has 6 nitrogen and oxygen atoms in total. The predicted octanol–water partition coefficient (Wildman–Crippen LogP) is 2.37. The number of hydrogen-bond donors (Lipinski definition) is 2. The van der Waals surface area contributed by atoms with E-state index in [9.17, 15) is 4.79 Å². The Labute approximate surface area is 124 Å². The Morgan fingerprint density at radius 1 is 1.33 bits per heavy atom. The minimum Gasteiger partial charge on any atom is -0.385 e. The molecule has 2 aromatic rings. The fourth-order valence-corrected chi connectivity index (χ4v) is 2.17. The average Bonchev–Trinajstić information content (AvgIpc) is 2.79. The van der Waals surface area contributed by atoms with Crippen LogP contribution in [0.5, 0.6) is 0 Å². The first-order valence-electron chi connectivity index (χ1n) is 7.09. The third-order valence-electron chi connectivity index (χ3n) is 3.14. The van der Waals surface area contributed by atoms with Crippen LogP contribution in [0, 0.1) is 6.92 Å². The van der Waals surface area contributed by atoms with Crippen molar-refractivity contribution in [3.05, 3.63) is 35.4 Å². The molecule has 0 fully saturated rings. The summed E-state index contributed by atoms with van der Waals surface area (Å²) in [4.78, 5) is 16.7. The SMILES string of the molecule is CCNc1cc(C)ncc1C(=O)Nc1cn(C)nc1CC. The van der Waals surface area contributed by atoms with Gasteiger partial charge >= 0.3 is 0 Å². The smallest absolute Gasteiger partial charge is 0.259 e. The van der Waals surface area contributed by atoms with Crippen LogP contribution in [0.4, 0.5) is 11.4 Å². The van der Waals surface area contributed by atoms with Gasteiger partial charge in [0.15, 0.2) is 0 Å². The van der Waals surface area contributed by atoms with Crippen molar-refractivity contribution in [2.75, 3.05) is 17.2 Å². The number of amides is 1. The Morgan fingerprint density at radius 2 is 2.10 bits per heavy atom. The van der Waals surface area contributed by atoms with Gasteiger partial charge in [0.05, 0.1) is 22.6 Å². The first-order valence-corrected chi connectivity index (χ1v) is 7.09. The van der Waals surface area contributed by atoms with Crippen molar-refractivity contribution < 1.29 is 4.79 Å². The molecule has 2 rings (SSSR count). The maximum Gasteiger partial charge on any atom is 0.259 e. The number of anilines is 2. The van der Waals surface area contributed by atoms with Crippen LogP contribution in [0.3, 0.4) is 0 Å². The zero-order valence-electron chi connectivity index (χ0n) is 12.9. The lowest BCUT2D eigenvalue weighted by Gasteiger charge is -2.11. The van der Waals surface area contributed by atoms with Gasteiger partial charge < -0.3 is 10.6 Å². The number of hydrogen-bond acceptors (Lipinski definition) is 4. The summed E-state index contributed by atoms with van der Waals surface area (Å²) < 4.78 is 1.70. The molecule has 0 bridgehead atoms. The number of aryl methyl sites for hydroxylation is 3. The number of aromatic nitrogens is 3. The van der Waals surface area contributed by atoms with Gasteiger partial charge in [-0.3, -0.25) is 14.5 Å². The molecular formula is C15H21N5O. The van der Waals surface area contributed by atoms with Gasteiger partial charge in [-0.2, -0.15) is 5.10 Å². The van der Waals surface area contributed by atoms with E-state index in [2.05, 4.69) is 20.7 Å². The van der Waals surface area contributed by atoms with Gasteiger partial charge in [0, 0.05) is 31.7 Å². The largest absolute Gasteiger partial charge is 0.385 e. The molecule has 0 aliphatic rings. The van der Waals surface area contributed by atoms with Crippen LogP contribution in [0.15, 0.2) is 18.5 Å². The van der Waals surface area contributed by atoms with E-state index in [0.717, 1.165) is 35.7 Å². The second kappa shape index (κ2) is 6.39. The van der Waals surface area contributed by atoms with Crippen molar-refractivity contribution >= 4 is 17.3 Å². The molecule has 2 N–H and O–H groups in total. The van der Waals surface area contributed by atoms with E-state index in [4.69, 9.17) is 0 Å². The van der Waals surface area contributed by atoms with E-state index in [1.807, 2.05) is 40.1 Å². The minimum atomic E-state index is -0.179. The van der Waals surface area contributed by atoms with Gasteiger partial charge in [-0.15, -0.1) is 0 Å². The zero-order valence-corrected chi connectivity index (χ0v) is 12.9. The summed E-state index contributed by atoms with van der Waals surface area (Å²) in [6.45, 7) is 6.65. The van der Waals surface area contributed by atoms with Gasteiger partial charge in [0.25, 0.3) is 5.91 Å². The molecule has 112 valence electrons. The van der Waals surface area contributed by atoms with Crippen LogP contribution in [0.1, 0.15) is 35.6 Å². The lowest BCUT2D eigenvalue weighted by atomic mass is 10.2. The van der Waals surface area contributed by atoms with Crippen molar-refractivity contribution in [2.24, 2.45) is 7.05 Å². The molecule has 0 radical (unpaired) electrons. The fraction of sp³-hybridized carbons (Fsp3) is 0.400. The summed E-state index contributed by atoms with van der Waals surface area (Å²) in [5.74, 6) is -0.179. The number of nitrogens with zero attached hydrogens (tertiary/aromatic N) is 3. The topological polar surface area (TPSA) is 71.8 Å². The molecule has 0 aliphatic heterocycles. The van der Waals surface area contributed by atoms with Crippen molar-refractivity contribution in [3.8, 4) is 0 Å². The van der Waals surface area contributed by atoms with Gasteiger partial charge in [-0.25, -0.2) is 0 Å². The Bertz CT molecular complexity index is 648. The number of carbonyl (C=O) groups excluding carboxylic acids is 1. The highest BCUT2D eigenvalue weighted by molar-refractivity contribution is 6.08. The summed E-state index contributed by atoms with van der Waals surface area (Å²) in [5, 5.41) is 10.4. The highest BCUT2D eigenvalue weighted by atomic mass is 16.1. The lowest BCUT2D eigenvalue weighted by molar-refractivity contribution is 0.102. The molecular weight excluding hydrogens is 266 g/mol. The van der Waals surface area contributed by atoms with E-state index in [0.29, 0.717) is 5.56 Å². The molecule has 2 heterocycles. The van der Waals surface area contributed by atoms with E-state index >= 15 is 0 Å². The van der Waals surface area contributed by atoms with Crippen LogP contribution >= 0.6 is 0 Å². The molecule has 0 saturated heterocycles. The highest BCUT2D eigenvalue weighted by Gasteiger charge is 2.15. The van der Waals surface area contributed by atoms with Crippen LogP contribution in [0.2, 0.25) is 0 Å². The summed E-state index contributed by atoms with van der Waals surface area (Å²) in [6, 6.07) is 1.88. The zero-order chi connectivity index (χ0) is 15.4. The van der Waals surface area contributed by atoms with Crippen LogP contribution in [0.25, 0.3) is 0 Å². The predicted molar refractivity (Wildman–Crippen MR) is 83.7 cm³/mol. The first kappa shape index (κ1) is 15.0. The summed E-state index contributed by atoms with van der Waals surface area (Å²) >= 11 is 0. The van der Waals surface area contributed by atoms with Crippen LogP contribution in [-0.4, -0.2) is 27.2 Å². The number of rotatable bonds is 5. The highest BCUT2D eigenvalue weighted by Crippen LogP contribution is 2.19. The normalized spacial score (nSPS) is 10.5. The Kier molecular flexibility index (Phi) is 4.57. The number of pyridine rings is 1. The summed E-state index contributed by atoms with van der Waals surface area (Å²) in [7, 11) is 1.84. The monoisotopic (exact) mass is 287 g/mol. The van der Waals surface area contributed by atoms with Crippen LogP contribution < -0.4 is 10.6 Å². The van der Waals surface area contributed by atoms with Crippen molar-refractivity contribution in [2.45, 2.75) is 27.2 Å². The second-order valence-electron chi connectivity index (χ2n) is 4.87. The molecule has 0 saturated carbocycles. The molecule has 0 atom stereocenters. The van der Waals surface area contributed by atoms with Crippen molar-refractivity contribution in [1.29, 1.82) is 0 Å². The molecule has 6 heteroatoms. The second-order valence-corrected chi connectivity index (χ2v) is 4.87. The fourth-order valence-electron chi connectivity index (χ4n) is 2.17. The Hall–Kier alpha value is -2.37. The van der Waals surface area contributed by atoms with E-state index in [-0.39, 0.29) is 5.91 Å². The summed E-state index contributed by atoms with van der Waals surface area (Å²) in [6.07, 6.45) is 4.18. The number of carbonyl (C=O) groups is 1. The van der Waals surface area contributed by atoms with Gasteiger partial charge in [0.2, 0.25) is 0 Å². The Balaban J connectivity index is 2.27. The van der Waals surface area contributed by atoms with Gasteiger partial charge in [-0.05, 0) is 26.3 Å². The third kappa shape index (κ3) is 3.39. The van der Waals surface area contributed by atoms with Crippen molar-refractivity contribution in [3.63, 3.8) is 0 Å². The quantitative estimate of drug-likeness (QED) is 0.885. The Morgan fingerprint density at radius 3 is 2.76 bits per heavy atom. The lowest BCUT2D eigenvalue weighted by Crippen LogP contribution is -2.16. The van der Waals surface area contributed by atoms with E-state index in [1.165, 1.54) is 0 Å². The average molecular weight is 287 g/mol. The molecule has 21 heavy (non-hydrogen) atoms. The maximum atomic E-state index is 12.5. The molecule has 0 unspecified atom stereocenters. The molecule has 2 aromatic heterocycles. The standard InChI is InChI=1S/C15H21N5O/c1-5-12-14(9-20(4)19-12)18-15(21)11-8-17-10(3)7-13(11)16-6-2/h7-9H,5-6H2,1-4H3,(H,16,17)(H,18,21). The number of nitrogens with one attached hydrogen (secondary N) is 2. The van der Waals surface area contributed by atoms with Gasteiger partial charge in [0.1, 0.15) is 0 Å². The summed E-state index contributed by atoms with van der Waals surface area (Å²) in [5.41, 5.74) is 3.82. The third-order valence-corrected chi connectivity index (χ3v) is 3.14. The first-order chi connectivity index (χ1) is 10.0. The van der Waals surface area contributed by atoms with Crippen LogP contribution in [-0.2, 0) is 13.5 Å². The maximum absolute atomic E-state index is 12.5. The van der Waals surface area contributed by atoms with E-state index < -0.39 is 0 Å². The molecule has 1 amide bonds. The van der Waals surface area contributed by atoms with Gasteiger partial charge in [-0.1, -0.05) is 6.92 Å². The molecule has 0 aliphatic carbocycles. The molecule has 0 spiro atoms.